The van der Waals surface area contributed by atoms with Gasteiger partial charge in [-0.2, -0.15) is 0 Å². The molecule has 1 fully saturated rings. The summed E-state index contributed by atoms with van der Waals surface area (Å²) in [4.78, 5) is 24.3. The lowest BCUT2D eigenvalue weighted by Crippen LogP contribution is -2.40. The fourth-order valence-corrected chi connectivity index (χ4v) is 2.77. The highest BCUT2D eigenvalue weighted by molar-refractivity contribution is 6.31. The van der Waals surface area contributed by atoms with Gasteiger partial charge in [-0.05, 0) is 25.0 Å². The number of rotatable bonds is 3. The molecule has 0 bridgehead atoms. The van der Waals surface area contributed by atoms with Gasteiger partial charge >= 0.3 is 6.03 Å². The van der Waals surface area contributed by atoms with Crippen molar-refractivity contribution in [1.82, 2.24) is 4.90 Å². The minimum Gasteiger partial charge on any atom is -0.325 e. The van der Waals surface area contributed by atoms with E-state index in [9.17, 15) is 14.9 Å². The number of nitro benzene ring substituents is 1. The van der Waals surface area contributed by atoms with Gasteiger partial charge < -0.3 is 10.2 Å². The second-order valence-electron chi connectivity index (χ2n) is 5.25. The fraction of sp³-hybridized carbons (Fsp3) is 0.500. The molecule has 0 aromatic heterocycles. The molecule has 6 nitrogen and oxygen atoms in total. The van der Waals surface area contributed by atoms with E-state index in [1.165, 1.54) is 24.6 Å². The third kappa shape index (κ3) is 3.85. The van der Waals surface area contributed by atoms with E-state index in [4.69, 9.17) is 11.6 Å². The van der Waals surface area contributed by atoms with Crippen LogP contribution in [0.1, 0.15) is 32.1 Å². The molecule has 2 rings (SSSR count). The molecule has 2 amide bonds. The molecule has 1 aromatic carbocycles. The molecule has 7 heteroatoms. The molecule has 1 aromatic rings. The standard InChI is InChI=1S/C14H18ClN3O3/c1-17(11-5-3-2-4-6-11)14(19)16-12-8-7-10(15)9-13(12)18(20)21/h7-9,11H,2-6H2,1H3,(H,16,19). The summed E-state index contributed by atoms with van der Waals surface area (Å²) >= 11 is 5.75. The van der Waals surface area contributed by atoms with Gasteiger partial charge in [0, 0.05) is 24.2 Å². The number of nitrogens with one attached hydrogen (secondary N) is 1. The molecule has 0 heterocycles. The van der Waals surface area contributed by atoms with Gasteiger partial charge in [0.1, 0.15) is 5.69 Å². The monoisotopic (exact) mass is 311 g/mol. The molecule has 114 valence electrons. The minimum absolute atomic E-state index is 0.164. The quantitative estimate of drug-likeness (QED) is 0.676. The summed E-state index contributed by atoms with van der Waals surface area (Å²) in [7, 11) is 1.73. The van der Waals surface area contributed by atoms with Crippen molar-refractivity contribution in [1.29, 1.82) is 0 Å². The molecule has 0 aliphatic heterocycles. The van der Waals surface area contributed by atoms with Crippen molar-refractivity contribution in [3.8, 4) is 0 Å². The highest BCUT2D eigenvalue weighted by Gasteiger charge is 2.24. The SMILES string of the molecule is CN(C(=O)Nc1ccc(Cl)cc1[N+](=O)[O-])C1CCCCC1. The van der Waals surface area contributed by atoms with Crippen LogP contribution in [-0.2, 0) is 0 Å². The van der Waals surface area contributed by atoms with Crippen LogP contribution in [0.15, 0.2) is 18.2 Å². The van der Waals surface area contributed by atoms with Gasteiger partial charge in [0.15, 0.2) is 0 Å². The van der Waals surface area contributed by atoms with Crippen LogP contribution in [0.3, 0.4) is 0 Å². The van der Waals surface area contributed by atoms with Crippen LogP contribution in [-0.4, -0.2) is 28.9 Å². The average Bonchev–Trinajstić information content (AvgIpc) is 2.49. The van der Waals surface area contributed by atoms with Crippen LogP contribution in [0.25, 0.3) is 0 Å². The number of hydrogen-bond donors (Lipinski definition) is 1. The first-order chi connectivity index (χ1) is 9.99. The van der Waals surface area contributed by atoms with Gasteiger partial charge in [0.25, 0.3) is 5.69 Å². The van der Waals surface area contributed by atoms with Gasteiger partial charge in [-0.15, -0.1) is 0 Å². The minimum atomic E-state index is -0.553. The van der Waals surface area contributed by atoms with E-state index >= 15 is 0 Å². The van der Waals surface area contributed by atoms with Crippen LogP contribution < -0.4 is 5.32 Å². The van der Waals surface area contributed by atoms with Crippen LogP contribution in [0.4, 0.5) is 16.2 Å². The van der Waals surface area contributed by atoms with Gasteiger partial charge in [-0.1, -0.05) is 30.9 Å². The molecule has 1 aliphatic rings. The maximum Gasteiger partial charge on any atom is 0.322 e. The van der Waals surface area contributed by atoms with Crippen molar-refractivity contribution >= 4 is 29.0 Å². The fourth-order valence-electron chi connectivity index (χ4n) is 2.60. The van der Waals surface area contributed by atoms with Gasteiger partial charge in [-0.25, -0.2) is 4.79 Å². The summed E-state index contributed by atoms with van der Waals surface area (Å²) in [6, 6.07) is 4.08. The van der Waals surface area contributed by atoms with E-state index in [1.54, 1.807) is 11.9 Å². The Kier molecular flexibility index (Phi) is 5.01. The Bertz CT molecular complexity index is 544. The van der Waals surface area contributed by atoms with E-state index in [0.29, 0.717) is 0 Å². The first-order valence-electron chi connectivity index (χ1n) is 6.97. The summed E-state index contributed by atoms with van der Waals surface area (Å²) < 4.78 is 0. The number of urea groups is 1. The summed E-state index contributed by atoms with van der Waals surface area (Å²) in [6.45, 7) is 0. The van der Waals surface area contributed by atoms with E-state index < -0.39 is 4.92 Å². The van der Waals surface area contributed by atoms with Crippen LogP contribution in [0.5, 0.6) is 0 Å². The van der Waals surface area contributed by atoms with Crippen molar-refractivity contribution in [2.45, 2.75) is 38.1 Å². The lowest BCUT2D eigenvalue weighted by atomic mass is 9.95. The Morgan fingerprint density at radius 3 is 2.67 bits per heavy atom. The molecule has 1 N–H and O–H groups in total. The van der Waals surface area contributed by atoms with E-state index in [-0.39, 0.29) is 28.5 Å². The van der Waals surface area contributed by atoms with Crippen molar-refractivity contribution in [3.05, 3.63) is 33.3 Å². The number of carbonyl (C=O) groups is 1. The number of anilines is 1. The van der Waals surface area contributed by atoms with Gasteiger partial charge in [-0.3, -0.25) is 10.1 Å². The zero-order valence-corrected chi connectivity index (χ0v) is 12.6. The number of carbonyl (C=O) groups excluding carboxylic acids is 1. The molecule has 0 radical (unpaired) electrons. The van der Waals surface area contributed by atoms with E-state index in [0.717, 1.165) is 25.7 Å². The first-order valence-corrected chi connectivity index (χ1v) is 7.34. The predicted octanol–water partition coefficient (Wildman–Crippen LogP) is 4.04. The van der Waals surface area contributed by atoms with E-state index in [2.05, 4.69) is 5.32 Å². The Morgan fingerprint density at radius 2 is 2.05 bits per heavy atom. The molecular weight excluding hydrogens is 294 g/mol. The zero-order chi connectivity index (χ0) is 15.4. The summed E-state index contributed by atoms with van der Waals surface area (Å²) in [6.07, 6.45) is 5.39. The molecule has 0 atom stereocenters. The van der Waals surface area contributed by atoms with Crippen molar-refractivity contribution in [3.63, 3.8) is 0 Å². The van der Waals surface area contributed by atoms with Crippen molar-refractivity contribution in [2.75, 3.05) is 12.4 Å². The lowest BCUT2D eigenvalue weighted by Gasteiger charge is -2.31. The van der Waals surface area contributed by atoms with E-state index in [1.807, 2.05) is 0 Å². The van der Waals surface area contributed by atoms with Crippen LogP contribution in [0, 0.1) is 10.1 Å². The van der Waals surface area contributed by atoms with Gasteiger partial charge in [0.05, 0.1) is 4.92 Å². The number of halogens is 1. The Balaban J connectivity index is 2.10. The number of nitro groups is 1. The predicted molar refractivity (Wildman–Crippen MR) is 81.8 cm³/mol. The molecule has 0 unspecified atom stereocenters. The third-order valence-corrected chi connectivity index (χ3v) is 4.08. The molecular formula is C14H18ClN3O3. The summed E-state index contributed by atoms with van der Waals surface area (Å²) in [5.74, 6) is 0. The first kappa shape index (κ1) is 15.6. The number of benzene rings is 1. The number of hydrogen-bond acceptors (Lipinski definition) is 3. The molecule has 0 saturated heterocycles. The Morgan fingerprint density at radius 1 is 1.38 bits per heavy atom. The topological polar surface area (TPSA) is 75.5 Å². The molecule has 21 heavy (non-hydrogen) atoms. The van der Waals surface area contributed by atoms with Crippen molar-refractivity contribution < 1.29 is 9.72 Å². The second-order valence-corrected chi connectivity index (χ2v) is 5.69. The Labute approximate surface area is 128 Å². The summed E-state index contributed by atoms with van der Waals surface area (Å²) in [5, 5.41) is 13.9. The summed E-state index contributed by atoms with van der Waals surface area (Å²) in [5.41, 5.74) is -0.0371. The normalized spacial score (nSPS) is 15.5. The lowest BCUT2D eigenvalue weighted by molar-refractivity contribution is -0.383. The highest BCUT2D eigenvalue weighted by atomic mass is 35.5. The highest BCUT2D eigenvalue weighted by Crippen LogP contribution is 2.28. The smallest absolute Gasteiger partial charge is 0.322 e. The second kappa shape index (κ2) is 6.76. The van der Waals surface area contributed by atoms with Gasteiger partial charge in [0.2, 0.25) is 0 Å². The largest absolute Gasteiger partial charge is 0.325 e. The number of nitrogens with zero attached hydrogens (tertiary/aromatic N) is 2. The average molecular weight is 312 g/mol. The molecule has 1 aliphatic carbocycles. The molecule has 0 spiro atoms. The van der Waals surface area contributed by atoms with Crippen molar-refractivity contribution in [2.24, 2.45) is 0 Å². The zero-order valence-electron chi connectivity index (χ0n) is 11.8. The maximum atomic E-state index is 12.2. The Hall–Kier alpha value is -1.82. The molecule has 1 saturated carbocycles. The third-order valence-electron chi connectivity index (χ3n) is 3.84. The van der Waals surface area contributed by atoms with Crippen LogP contribution >= 0.6 is 11.6 Å². The van der Waals surface area contributed by atoms with Crippen LogP contribution in [0.2, 0.25) is 5.02 Å². The number of amides is 2. The maximum absolute atomic E-state index is 12.2.